The first kappa shape index (κ1) is 41.4. The molecule has 3 nitrogen and oxygen atoms in total. The summed E-state index contributed by atoms with van der Waals surface area (Å²) in [5.41, 5.74) is 16.5. The Hall–Kier alpha value is -6.72. The van der Waals surface area contributed by atoms with Crippen molar-refractivity contribution in [2.24, 2.45) is 0 Å². The average molecular weight is 819 g/mol. The molecule has 0 spiro atoms. The van der Waals surface area contributed by atoms with E-state index in [0.29, 0.717) is 0 Å². The van der Waals surface area contributed by atoms with Gasteiger partial charge in [-0.15, -0.1) is 0 Å². The number of benzene rings is 9. The van der Waals surface area contributed by atoms with Crippen LogP contribution in [0.25, 0.3) is 22.3 Å². The highest BCUT2D eigenvalue weighted by molar-refractivity contribution is 5.80. The molecule has 9 aromatic carbocycles. The molecule has 0 fully saturated rings. The van der Waals surface area contributed by atoms with Gasteiger partial charge in [0.05, 0.1) is 0 Å². The number of rotatable bonds is 11. The van der Waals surface area contributed by atoms with Crippen molar-refractivity contribution < 1.29 is 34.6 Å². The first-order valence-electron chi connectivity index (χ1n) is 19.9. The van der Waals surface area contributed by atoms with Crippen LogP contribution in [0.4, 0.5) is 51.2 Å². The number of anilines is 3. The van der Waals surface area contributed by atoms with Crippen molar-refractivity contribution in [3.05, 3.63) is 248 Å². The predicted octanol–water partition coefficient (Wildman–Crippen LogP) is 7.17. The Kier molecular flexibility index (Phi) is 13.4. The normalized spacial score (nSPS) is 10.8. The third-order valence-corrected chi connectivity index (χ3v) is 10.8. The largest absolute Gasteiger partial charge is 1.00 e. The summed E-state index contributed by atoms with van der Waals surface area (Å²) in [4.78, 5) is 4.80. The highest BCUT2D eigenvalue weighted by Crippen LogP contribution is 2.37. The Labute approximate surface area is 366 Å². The maximum absolute atomic E-state index is 2.33. The smallest absolute Gasteiger partial charge is 0.141 e. The first-order valence-corrected chi connectivity index (χ1v) is 19.9. The lowest BCUT2D eigenvalue weighted by atomic mass is 10.0. The number of hydrogen-bond acceptors (Lipinski definition) is 1. The molecule has 0 aliphatic heterocycles. The van der Waals surface area contributed by atoms with Crippen molar-refractivity contribution in [2.45, 2.75) is 6.92 Å². The van der Waals surface area contributed by atoms with Crippen LogP contribution in [0.15, 0.2) is 243 Å². The lowest BCUT2D eigenvalue weighted by Crippen LogP contribution is -3.00. The van der Waals surface area contributed by atoms with E-state index in [1.54, 1.807) is 0 Å². The topological polar surface area (TPSA) is 12.1 Å². The average Bonchev–Trinajstić information content (AvgIpc) is 3.30. The minimum absolute atomic E-state index is 0. The number of nitrogens with one attached hydrogen (secondary N) is 2. The molecular formula is C55H45Cl2N3. The van der Waals surface area contributed by atoms with Crippen LogP contribution < -0.4 is 39.5 Å². The Morgan fingerprint density at radius 3 is 0.733 bits per heavy atom. The molecule has 0 aliphatic carbocycles. The van der Waals surface area contributed by atoms with Crippen molar-refractivity contribution >= 4 is 51.2 Å². The van der Waals surface area contributed by atoms with Gasteiger partial charge in [0.25, 0.3) is 0 Å². The number of halogens is 2. The second-order valence-corrected chi connectivity index (χ2v) is 14.6. The molecule has 294 valence electrons. The Bertz CT molecular complexity index is 2430. The Morgan fingerprint density at radius 2 is 0.467 bits per heavy atom. The molecule has 0 radical (unpaired) electrons. The molecule has 0 amide bonds. The second kappa shape index (κ2) is 19.4. The summed E-state index contributed by atoms with van der Waals surface area (Å²) in [6, 6.07) is 87.2. The lowest BCUT2D eigenvalue weighted by Gasteiger charge is -2.26. The zero-order valence-corrected chi connectivity index (χ0v) is 34.8. The van der Waals surface area contributed by atoms with E-state index in [-0.39, 0.29) is 24.8 Å². The molecule has 2 N–H and O–H groups in total. The molecule has 0 aliphatic rings. The van der Waals surface area contributed by atoms with Crippen LogP contribution in [0.3, 0.4) is 0 Å². The molecule has 9 aromatic rings. The molecule has 0 saturated carbocycles. The van der Waals surface area contributed by atoms with Gasteiger partial charge in [-0.1, -0.05) is 115 Å². The van der Waals surface area contributed by atoms with Gasteiger partial charge in [0.1, 0.15) is 34.1 Å². The van der Waals surface area contributed by atoms with Crippen LogP contribution in [-0.4, -0.2) is 0 Å². The van der Waals surface area contributed by atoms with Crippen LogP contribution in [0.5, 0.6) is 0 Å². The minimum atomic E-state index is 0. The minimum Gasteiger partial charge on any atom is -1.00 e. The third kappa shape index (κ3) is 9.11. The maximum Gasteiger partial charge on any atom is 0.141 e. The van der Waals surface area contributed by atoms with Crippen LogP contribution in [-0.2, 0) is 0 Å². The molecule has 0 saturated heterocycles. The Balaban J connectivity index is 0.00000272. The summed E-state index contributed by atoms with van der Waals surface area (Å²) in [7, 11) is 0. The van der Waals surface area contributed by atoms with Crippen molar-refractivity contribution in [1.82, 2.24) is 0 Å². The summed E-state index contributed by atoms with van der Waals surface area (Å²) in [6.07, 6.45) is 0. The van der Waals surface area contributed by atoms with E-state index < -0.39 is 0 Å². The van der Waals surface area contributed by atoms with Gasteiger partial charge in [-0.05, 0) is 138 Å². The van der Waals surface area contributed by atoms with Gasteiger partial charge in [0.15, 0.2) is 0 Å². The van der Waals surface area contributed by atoms with E-state index in [1.165, 1.54) is 71.7 Å². The third-order valence-electron chi connectivity index (χ3n) is 10.8. The van der Waals surface area contributed by atoms with Gasteiger partial charge in [-0.2, -0.15) is 0 Å². The van der Waals surface area contributed by atoms with Crippen LogP contribution in [0, 0.1) is 6.92 Å². The fraction of sp³-hybridized carbons (Fsp3) is 0.0182. The van der Waals surface area contributed by atoms with Crippen molar-refractivity contribution in [3.8, 4) is 22.3 Å². The summed E-state index contributed by atoms with van der Waals surface area (Å²) in [6.45, 7) is 2.13. The van der Waals surface area contributed by atoms with E-state index in [1.807, 2.05) is 0 Å². The summed E-state index contributed by atoms with van der Waals surface area (Å²) in [5, 5.41) is 0. The summed E-state index contributed by atoms with van der Waals surface area (Å²) >= 11 is 0. The molecular weight excluding hydrogens is 774 g/mol. The van der Waals surface area contributed by atoms with E-state index in [0.717, 1.165) is 17.1 Å². The van der Waals surface area contributed by atoms with E-state index in [2.05, 4.69) is 254 Å². The van der Waals surface area contributed by atoms with Gasteiger partial charge in [0.2, 0.25) is 0 Å². The molecule has 5 heteroatoms. The van der Waals surface area contributed by atoms with E-state index in [4.69, 9.17) is 0 Å². The van der Waals surface area contributed by atoms with Crippen molar-refractivity contribution in [2.75, 3.05) is 4.90 Å². The van der Waals surface area contributed by atoms with Gasteiger partial charge < -0.3 is 29.7 Å². The highest BCUT2D eigenvalue weighted by Gasteiger charge is 2.20. The lowest BCUT2D eigenvalue weighted by molar-refractivity contribution is -0.681. The number of para-hydroxylation sites is 4. The molecule has 9 rings (SSSR count). The predicted molar refractivity (Wildman–Crippen MR) is 242 cm³/mol. The molecule has 0 heterocycles. The monoisotopic (exact) mass is 817 g/mol. The number of hydrogen-bond donors (Lipinski definition) is 2. The highest BCUT2D eigenvalue weighted by atomic mass is 35.5. The first-order chi connectivity index (χ1) is 28.7. The number of quaternary nitrogens is 2. The van der Waals surface area contributed by atoms with E-state index >= 15 is 0 Å². The fourth-order valence-electron chi connectivity index (χ4n) is 7.82. The second-order valence-electron chi connectivity index (χ2n) is 14.6. The molecule has 60 heavy (non-hydrogen) atoms. The van der Waals surface area contributed by atoms with Crippen molar-refractivity contribution in [1.29, 1.82) is 0 Å². The van der Waals surface area contributed by atoms with Crippen LogP contribution in [0.2, 0.25) is 0 Å². The van der Waals surface area contributed by atoms with Gasteiger partial charge >= 0.3 is 0 Å². The quantitative estimate of drug-likeness (QED) is 0.141. The SMILES string of the molecule is Cc1ccc(N(c2ccc(-c3ccc([NH+](c4ccccc4)c4ccccc4)cc3)cc2)c2ccc(-c3ccc([NH+](c4ccccc4)c4ccccc4)cc3)cc2)cc1.[Cl-].[Cl-]. The summed E-state index contributed by atoms with van der Waals surface area (Å²) in [5.74, 6) is 0. The van der Waals surface area contributed by atoms with Crippen LogP contribution in [0.1, 0.15) is 5.56 Å². The molecule has 0 unspecified atom stereocenters. The number of aryl methyl sites for hydroxylation is 1. The number of nitrogens with zero attached hydrogens (tertiary/aromatic N) is 1. The molecule has 0 atom stereocenters. The van der Waals surface area contributed by atoms with E-state index in [9.17, 15) is 0 Å². The standard InChI is InChI=1S/C55H43N3.2ClH/c1-42-22-32-51(33-23-42)58(54-38-28-45(29-39-54)43-24-34-52(35-25-43)56(47-14-6-2-7-15-47)48-16-8-3-9-17-48)55-40-30-46(31-41-55)44-26-36-53(37-27-44)57(49-18-10-4-11-19-49)50-20-12-5-13-21-50;;/h2-41H,1H3;2*1H. The van der Waals surface area contributed by atoms with Gasteiger partial charge in [0, 0.05) is 41.3 Å². The fourth-order valence-corrected chi connectivity index (χ4v) is 7.82. The maximum atomic E-state index is 2.33. The van der Waals surface area contributed by atoms with Crippen molar-refractivity contribution in [3.63, 3.8) is 0 Å². The molecule has 0 aromatic heterocycles. The zero-order valence-electron chi connectivity index (χ0n) is 33.3. The van der Waals surface area contributed by atoms with Gasteiger partial charge in [-0.3, -0.25) is 0 Å². The Morgan fingerprint density at radius 1 is 0.250 bits per heavy atom. The summed E-state index contributed by atoms with van der Waals surface area (Å²) < 4.78 is 0. The van der Waals surface area contributed by atoms with Crippen LogP contribution >= 0.6 is 0 Å². The molecule has 0 bridgehead atoms. The zero-order chi connectivity index (χ0) is 39.1. The van der Waals surface area contributed by atoms with Gasteiger partial charge in [-0.25, -0.2) is 9.80 Å².